The van der Waals surface area contributed by atoms with E-state index in [1.807, 2.05) is 77.4 Å². The average Bonchev–Trinajstić information content (AvgIpc) is 3.93. The fourth-order valence-electron chi connectivity index (χ4n) is 8.41. The van der Waals surface area contributed by atoms with Crippen LogP contribution in [-0.2, 0) is 28.5 Å². The maximum atomic E-state index is 13.5. The third kappa shape index (κ3) is 11.3. The standard InChI is InChI=1S/C53H66N7O8PSi/c1-36(2)60(37(3)4)69(65-32-18-31-54)67-46-44(33-64-53(39-21-16-13-17-22-39,40-23-27-42(62-8)28-24-40)41-25-29-43(63-9)30-26-41)66-51(47(46)68-70(10,11)52(5,6)7)59-35-57-45-48(55-34-56-49(45)59)58-50(61)38-19-14-12-15-20-38/h12-17,19-30,34-37,44,46-47,51H,18,32-33H2,1-11H3,(H,55,56,58,61)/t44?,46?,47-,51?,69?/m0/s1. The molecule has 0 aliphatic carbocycles. The van der Waals surface area contributed by atoms with E-state index < -0.39 is 47.0 Å². The van der Waals surface area contributed by atoms with E-state index in [4.69, 9.17) is 42.4 Å². The summed E-state index contributed by atoms with van der Waals surface area (Å²) in [5, 5.41) is 12.4. The highest BCUT2D eigenvalue weighted by molar-refractivity contribution is 7.44. The van der Waals surface area contributed by atoms with E-state index in [0.29, 0.717) is 28.2 Å². The van der Waals surface area contributed by atoms with Gasteiger partial charge < -0.3 is 37.7 Å². The highest BCUT2D eigenvalue weighted by Crippen LogP contribution is 2.53. The summed E-state index contributed by atoms with van der Waals surface area (Å²) >= 11 is 0. The minimum atomic E-state index is -2.66. The van der Waals surface area contributed by atoms with Gasteiger partial charge >= 0.3 is 0 Å². The molecule has 5 atom stereocenters. The number of anilines is 1. The molecule has 4 unspecified atom stereocenters. The molecule has 15 nitrogen and oxygen atoms in total. The summed E-state index contributed by atoms with van der Waals surface area (Å²) in [5.74, 6) is 1.31. The van der Waals surface area contributed by atoms with E-state index in [-0.39, 0.29) is 48.5 Å². The zero-order valence-electron chi connectivity index (χ0n) is 42.0. The van der Waals surface area contributed by atoms with Gasteiger partial charge in [-0.3, -0.25) is 9.36 Å². The van der Waals surface area contributed by atoms with Gasteiger partial charge in [0.15, 0.2) is 31.5 Å². The zero-order valence-corrected chi connectivity index (χ0v) is 43.9. The predicted molar refractivity (Wildman–Crippen MR) is 274 cm³/mol. The van der Waals surface area contributed by atoms with Crippen LogP contribution in [0.1, 0.15) is 88.2 Å². The topological polar surface area (TPSA) is 164 Å². The molecule has 370 valence electrons. The second-order valence-corrected chi connectivity index (χ2v) is 25.4. The van der Waals surface area contributed by atoms with Gasteiger partial charge in [0.25, 0.3) is 14.4 Å². The Morgan fingerprint density at radius 2 is 1.40 bits per heavy atom. The third-order valence-corrected chi connectivity index (χ3v) is 19.5. The molecule has 0 bridgehead atoms. The van der Waals surface area contributed by atoms with Crippen molar-refractivity contribution in [1.29, 1.82) is 5.26 Å². The van der Waals surface area contributed by atoms with Crippen LogP contribution in [0.25, 0.3) is 11.2 Å². The number of benzene rings is 4. The Balaban J connectivity index is 1.41. The molecular weight excluding hydrogens is 922 g/mol. The number of imidazole rings is 1. The van der Waals surface area contributed by atoms with E-state index in [9.17, 15) is 10.1 Å². The number of aromatic nitrogens is 4. The lowest BCUT2D eigenvalue weighted by Crippen LogP contribution is -2.50. The third-order valence-electron chi connectivity index (χ3n) is 12.9. The number of rotatable bonds is 21. The molecule has 1 N–H and O–H groups in total. The number of amides is 1. The Bertz CT molecular complexity index is 2620. The molecule has 17 heteroatoms. The first kappa shape index (κ1) is 52.2. The first-order valence-electron chi connectivity index (χ1n) is 23.6. The van der Waals surface area contributed by atoms with Crippen molar-refractivity contribution in [1.82, 2.24) is 24.2 Å². The van der Waals surface area contributed by atoms with Crippen molar-refractivity contribution in [3.8, 4) is 17.6 Å². The second kappa shape index (κ2) is 22.6. The van der Waals surface area contributed by atoms with Crippen LogP contribution >= 0.6 is 8.53 Å². The summed E-state index contributed by atoms with van der Waals surface area (Å²) in [6.07, 6.45) is -0.0410. The van der Waals surface area contributed by atoms with Crippen molar-refractivity contribution in [3.63, 3.8) is 0 Å². The van der Waals surface area contributed by atoms with Crippen molar-refractivity contribution in [2.24, 2.45) is 0 Å². The molecule has 0 spiro atoms. The van der Waals surface area contributed by atoms with Crippen LogP contribution in [0.4, 0.5) is 5.82 Å². The first-order chi connectivity index (χ1) is 33.5. The maximum absolute atomic E-state index is 13.5. The molecule has 1 amide bonds. The molecule has 2 aromatic heterocycles. The smallest absolute Gasteiger partial charge is 0.259 e. The molecule has 1 aliphatic heterocycles. The van der Waals surface area contributed by atoms with Gasteiger partial charge in [-0.25, -0.2) is 19.6 Å². The Labute approximate surface area is 414 Å². The summed E-state index contributed by atoms with van der Waals surface area (Å²) in [5.41, 5.74) is 2.64. The molecule has 6 aromatic rings. The van der Waals surface area contributed by atoms with Gasteiger partial charge in [0.2, 0.25) is 0 Å². The van der Waals surface area contributed by atoms with E-state index >= 15 is 0 Å². The molecule has 1 aliphatic rings. The van der Waals surface area contributed by atoms with E-state index in [1.54, 1.807) is 44.8 Å². The lowest BCUT2D eigenvalue weighted by molar-refractivity contribution is -0.0926. The SMILES string of the molecule is COc1ccc(C(OCC2OC(n3cnc4c(NC(=O)c5ccccc5)ncnc43)[C@@H](O[Si](C)(C)C(C)(C)C)C2OP(OCCC#N)N(C(C)C)C(C)C)(c2ccccc2)c2ccc(OC)cc2)cc1. The van der Waals surface area contributed by atoms with Gasteiger partial charge in [-0.05, 0) is 98.9 Å². The van der Waals surface area contributed by atoms with Crippen molar-refractivity contribution >= 4 is 39.7 Å². The van der Waals surface area contributed by atoms with E-state index in [1.165, 1.54) is 6.33 Å². The monoisotopic (exact) mass is 987 g/mol. The normalized spacial score (nSPS) is 18.1. The molecule has 3 heterocycles. The largest absolute Gasteiger partial charge is 0.497 e. The van der Waals surface area contributed by atoms with E-state index in [0.717, 1.165) is 16.7 Å². The number of nitrogens with one attached hydrogen (secondary N) is 1. The molecule has 70 heavy (non-hydrogen) atoms. The van der Waals surface area contributed by atoms with Gasteiger partial charge in [0.1, 0.15) is 41.7 Å². The van der Waals surface area contributed by atoms with Crippen LogP contribution in [-0.4, -0.2) is 96.2 Å². The Kier molecular flexibility index (Phi) is 16.9. The van der Waals surface area contributed by atoms with Crippen LogP contribution in [0.5, 0.6) is 11.5 Å². The number of nitriles is 1. The van der Waals surface area contributed by atoms with Crippen molar-refractivity contribution in [2.45, 2.75) is 115 Å². The van der Waals surface area contributed by atoms with Crippen LogP contribution in [0.15, 0.2) is 122 Å². The van der Waals surface area contributed by atoms with Gasteiger partial charge in [-0.2, -0.15) is 5.26 Å². The minimum absolute atomic E-state index is 0.00377. The summed E-state index contributed by atoms with van der Waals surface area (Å²) in [6, 6.07) is 37.0. The number of fused-ring (bicyclic) bond motifs is 1. The van der Waals surface area contributed by atoms with Crippen molar-refractivity contribution in [3.05, 3.63) is 144 Å². The molecular formula is C53H66N7O8PSi. The summed E-state index contributed by atoms with van der Waals surface area (Å²) in [7, 11) is -1.19. The summed E-state index contributed by atoms with van der Waals surface area (Å²) in [6.45, 7) is 19.6. The fourth-order valence-corrected chi connectivity index (χ4v) is 11.5. The number of hydrogen-bond donors (Lipinski definition) is 1. The van der Waals surface area contributed by atoms with Crippen LogP contribution in [0, 0.1) is 11.3 Å². The molecule has 1 saturated heterocycles. The Hall–Kier alpha value is -5.60. The average molecular weight is 988 g/mol. The number of hydrogen-bond acceptors (Lipinski definition) is 13. The predicted octanol–water partition coefficient (Wildman–Crippen LogP) is 11.1. The van der Waals surface area contributed by atoms with E-state index in [2.05, 4.69) is 94.7 Å². The van der Waals surface area contributed by atoms with Crippen molar-refractivity contribution in [2.75, 3.05) is 32.8 Å². The number of methoxy groups -OCH3 is 2. The molecule has 0 radical (unpaired) electrons. The lowest BCUT2D eigenvalue weighted by atomic mass is 9.80. The second-order valence-electron chi connectivity index (χ2n) is 19.2. The highest BCUT2D eigenvalue weighted by atomic mass is 31.2. The first-order valence-corrected chi connectivity index (χ1v) is 27.7. The maximum Gasteiger partial charge on any atom is 0.259 e. The van der Waals surface area contributed by atoms with Crippen LogP contribution < -0.4 is 14.8 Å². The highest BCUT2D eigenvalue weighted by Gasteiger charge is 2.54. The fraction of sp³-hybridized carbons (Fsp3) is 0.415. The van der Waals surface area contributed by atoms with Crippen LogP contribution in [0.2, 0.25) is 18.1 Å². The summed E-state index contributed by atoms with van der Waals surface area (Å²) in [4.78, 5) is 27.5. The molecule has 7 rings (SSSR count). The van der Waals surface area contributed by atoms with Gasteiger partial charge in [-0.15, -0.1) is 0 Å². The van der Waals surface area contributed by atoms with Gasteiger partial charge in [0.05, 0.1) is 46.3 Å². The van der Waals surface area contributed by atoms with Crippen LogP contribution in [0.3, 0.4) is 0 Å². The molecule has 0 saturated carbocycles. The quantitative estimate of drug-likeness (QED) is 0.0314. The Morgan fingerprint density at radius 1 is 0.829 bits per heavy atom. The zero-order chi connectivity index (χ0) is 50.2. The van der Waals surface area contributed by atoms with Gasteiger partial charge in [-0.1, -0.05) is 93.6 Å². The Morgan fingerprint density at radius 3 is 1.94 bits per heavy atom. The summed E-state index contributed by atoms with van der Waals surface area (Å²) < 4.78 is 51.8. The van der Waals surface area contributed by atoms with Gasteiger partial charge in [0, 0.05) is 17.6 Å². The minimum Gasteiger partial charge on any atom is -0.497 e. The molecule has 4 aromatic carbocycles. The number of ether oxygens (including phenoxy) is 4. The number of carbonyl (C=O) groups excluding carboxylic acids is 1. The number of carbonyl (C=O) groups is 1. The lowest BCUT2D eigenvalue weighted by Gasteiger charge is -2.42. The number of nitrogens with zero attached hydrogens (tertiary/aromatic N) is 6. The molecule has 1 fully saturated rings. The van der Waals surface area contributed by atoms with Crippen molar-refractivity contribution < 1.29 is 37.2 Å².